The van der Waals surface area contributed by atoms with Crippen LogP contribution in [0.15, 0.2) is 72.3 Å². The zero-order chi connectivity index (χ0) is 29.0. The topological polar surface area (TPSA) is 26.3 Å². The van der Waals surface area contributed by atoms with Gasteiger partial charge in [-0.15, -0.1) is 0 Å². The van der Waals surface area contributed by atoms with E-state index in [-0.39, 0.29) is 17.1 Å². The normalized spacial score (nSPS) is 36.0. The van der Waals surface area contributed by atoms with Crippen LogP contribution in [0.2, 0.25) is 5.04 Å². The lowest BCUT2D eigenvalue weighted by Crippen LogP contribution is -2.68. The van der Waals surface area contributed by atoms with Gasteiger partial charge in [-0.05, 0) is 101 Å². The molecule has 0 aliphatic heterocycles. The van der Waals surface area contributed by atoms with Gasteiger partial charge < -0.3 is 9.22 Å². The predicted octanol–water partition coefficient (Wildman–Crippen LogP) is 8.35. The van der Waals surface area contributed by atoms with Gasteiger partial charge >= 0.3 is 0 Å². The maximum atomic E-state index is 11.8. The summed E-state index contributed by atoms with van der Waals surface area (Å²) >= 11 is 0. The summed E-state index contributed by atoms with van der Waals surface area (Å²) in [5.74, 6) is 3.09. The van der Waals surface area contributed by atoms with Crippen molar-refractivity contribution in [2.75, 3.05) is 0 Å². The van der Waals surface area contributed by atoms with E-state index in [2.05, 4.69) is 108 Å². The number of benzene rings is 2. The first kappa shape index (κ1) is 29.1. The Balaban J connectivity index is 1.30. The maximum absolute atomic E-state index is 11.8. The van der Waals surface area contributed by atoms with Crippen LogP contribution >= 0.6 is 0 Å². The minimum atomic E-state index is -2.56. The molecular weight excluding hydrogens is 517 g/mol. The van der Waals surface area contributed by atoms with Crippen LogP contribution in [0.3, 0.4) is 0 Å². The van der Waals surface area contributed by atoms with E-state index in [9.17, 15) is 4.79 Å². The fourth-order valence-corrected chi connectivity index (χ4v) is 15.4. The average molecular weight is 569 g/mol. The number of hydrogen-bond acceptors (Lipinski definition) is 2. The standard InChI is InChI=1S/C38H52O2Si/c1-27(26-39)33-19-20-34-32-18-17-28-25-29(21-23-37(28,5)35(32)22-24-38(33,34)6)40-41(36(2,3)4,30-13-9-7-10-14-30)31-15-11-8-12-16-31/h7-17,26-27,29,32-35H,18-25H2,1-6H3/t27-,29+,32+,33-,34+,35+,37+,38-/m1/s1. The summed E-state index contributed by atoms with van der Waals surface area (Å²) in [4.78, 5) is 11.8. The third-order valence-corrected chi connectivity index (χ3v) is 17.8. The van der Waals surface area contributed by atoms with Crippen LogP contribution in [0, 0.1) is 40.4 Å². The Bertz CT molecular complexity index is 1220. The molecule has 0 heterocycles. The fourth-order valence-electron chi connectivity index (χ4n) is 10.7. The van der Waals surface area contributed by atoms with Gasteiger partial charge in [0, 0.05) is 12.0 Å². The Morgan fingerprint density at radius 3 is 2.10 bits per heavy atom. The molecule has 0 N–H and O–H groups in total. The van der Waals surface area contributed by atoms with Crippen molar-refractivity contribution in [3.63, 3.8) is 0 Å². The van der Waals surface area contributed by atoms with E-state index in [1.54, 1.807) is 5.57 Å². The van der Waals surface area contributed by atoms with E-state index in [0.29, 0.717) is 16.7 Å². The Kier molecular flexibility index (Phi) is 7.55. The molecule has 0 saturated heterocycles. The third kappa shape index (κ3) is 4.56. The number of aldehydes is 1. The van der Waals surface area contributed by atoms with Crippen molar-refractivity contribution in [1.82, 2.24) is 0 Å². The number of carbonyl (C=O) groups excluding carboxylic acids is 1. The molecular formula is C38H52O2Si. The molecule has 4 aliphatic carbocycles. The fraction of sp³-hybridized carbons (Fsp3) is 0.605. The van der Waals surface area contributed by atoms with Gasteiger partial charge in [0.25, 0.3) is 8.32 Å². The largest absolute Gasteiger partial charge is 0.404 e. The Hall–Kier alpha value is -1.97. The molecule has 220 valence electrons. The molecule has 3 heteroatoms. The van der Waals surface area contributed by atoms with E-state index < -0.39 is 8.32 Å². The summed E-state index contributed by atoms with van der Waals surface area (Å²) < 4.78 is 7.65. The van der Waals surface area contributed by atoms with Crippen LogP contribution in [-0.2, 0) is 9.22 Å². The van der Waals surface area contributed by atoms with Crippen molar-refractivity contribution in [3.8, 4) is 0 Å². The molecule has 0 bridgehead atoms. The van der Waals surface area contributed by atoms with Crippen molar-refractivity contribution < 1.29 is 9.22 Å². The van der Waals surface area contributed by atoms with Crippen LogP contribution in [0.4, 0.5) is 0 Å². The Labute approximate surface area is 250 Å². The van der Waals surface area contributed by atoms with Crippen molar-refractivity contribution in [2.45, 2.75) is 104 Å². The van der Waals surface area contributed by atoms with Gasteiger partial charge in [0.1, 0.15) is 6.29 Å². The molecule has 2 aromatic rings. The summed E-state index contributed by atoms with van der Waals surface area (Å²) in [6.07, 6.45) is 14.0. The van der Waals surface area contributed by atoms with Gasteiger partial charge in [-0.25, -0.2) is 0 Å². The number of carbonyl (C=O) groups is 1. The van der Waals surface area contributed by atoms with Crippen LogP contribution in [0.5, 0.6) is 0 Å². The Morgan fingerprint density at radius 1 is 0.878 bits per heavy atom. The summed E-state index contributed by atoms with van der Waals surface area (Å²) in [6, 6.07) is 22.3. The molecule has 2 nitrogen and oxygen atoms in total. The first-order chi connectivity index (χ1) is 19.5. The first-order valence-corrected chi connectivity index (χ1v) is 18.4. The number of rotatable bonds is 6. The molecule has 8 atom stereocenters. The smallest absolute Gasteiger partial charge is 0.261 e. The lowest BCUT2D eigenvalue weighted by atomic mass is 9.47. The molecule has 3 fully saturated rings. The van der Waals surface area contributed by atoms with Crippen LogP contribution in [0.1, 0.15) is 92.9 Å². The van der Waals surface area contributed by atoms with Gasteiger partial charge in [0.2, 0.25) is 0 Å². The van der Waals surface area contributed by atoms with Crippen molar-refractivity contribution >= 4 is 25.0 Å². The molecule has 41 heavy (non-hydrogen) atoms. The lowest BCUT2D eigenvalue weighted by Gasteiger charge is -2.59. The number of hydrogen-bond donors (Lipinski definition) is 0. The molecule has 0 spiro atoms. The molecule has 6 rings (SSSR count). The molecule has 0 aromatic heterocycles. The summed E-state index contributed by atoms with van der Waals surface area (Å²) in [6.45, 7) is 14.5. The molecule has 0 amide bonds. The van der Waals surface area contributed by atoms with Crippen LogP contribution < -0.4 is 10.4 Å². The van der Waals surface area contributed by atoms with E-state index in [1.165, 1.54) is 55.2 Å². The average Bonchev–Trinajstić information content (AvgIpc) is 3.33. The maximum Gasteiger partial charge on any atom is 0.261 e. The summed E-state index contributed by atoms with van der Waals surface area (Å²) in [5.41, 5.74) is 2.32. The predicted molar refractivity (Wildman–Crippen MR) is 173 cm³/mol. The lowest BCUT2D eigenvalue weighted by molar-refractivity contribution is -0.115. The quantitative estimate of drug-likeness (QED) is 0.199. The van der Waals surface area contributed by atoms with Gasteiger partial charge in [-0.1, -0.05) is 114 Å². The number of fused-ring (bicyclic) bond motifs is 5. The Morgan fingerprint density at radius 2 is 1.51 bits per heavy atom. The van der Waals surface area contributed by atoms with Gasteiger partial charge in [-0.2, -0.15) is 0 Å². The van der Waals surface area contributed by atoms with Crippen LogP contribution in [-0.4, -0.2) is 20.7 Å². The minimum Gasteiger partial charge on any atom is -0.404 e. The summed E-state index contributed by atoms with van der Waals surface area (Å²) in [5, 5.41) is 2.78. The van der Waals surface area contributed by atoms with Gasteiger partial charge in [0.15, 0.2) is 0 Å². The van der Waals surface area contributed by atoms with Gasteiger partial charge in [0.05, 0.1) is 0 Å². The zero-order valence-electron chi connectivity index (χ0n) is 26.4. The second-order valence-electron chi connectivity index (χ2n) is 15.6. The van der Waals surface area contributed by atoms with E-state index >= 15 is 0 Å². The highest BCUT2D eigenvalue weighted by Crippen LogP contribution is 2.67. The number of allylic oxidation sites excluding steroid dienone is 1. The van der Waals surface area contributed by atoms with E-state index in [4.69, 9.17) is 4.43 Å². The molecule has 0 unspecified atom stereocenters. The van der Waals surface area contributed by atoms with Crippen molar-refractivity contribution in [2.24, 2.45) is 40.4 Å². The third-order valence-electron chi connectivity index (χ3n) is 12.7. The zero-order valence-corrected chi connectivity index (χ0v) is 27.4. The highest BCUT2D eigenvalue weighted by molar-refractivity contribution is 6.99. The molecule has 4 aliphatic rings. The SMILES string of the molecule is C[C@H](C=O)[C@H]1CC[C@H]2[C@@H]3CC=C4C[C@@H](O[Si](c5ccccc5)(c5ccccc5)C(C)(C)C)CC[C@]4(C)[C@H]3CC[C@]12C. The van der Waals surface area contributed by atoms with Gasteiger partial charge in [-0.3, -0.25) is 0 Å². The highest BCUT2D eigenvalue weighted by Gasteiger charge is 2.60. The van der Waals surface area contributed by atoms with E-state index in [0.717, 1.165) is 30.6 Å². The monoisotopic (exact) mass is 568 g/mol. The second kappa shape index (κ2) is 10.6. The minimum absolute atomic E-state index is 0.00793. The molecule has 0 radical (unpaired) electrons. The van der Waals surface area contributed by atoms with Crippen molar-refractivity contribution in [1.29, 1.82) is 0 Å². The first-order valence-electron chi connectivity index (χ1n) is 16.5. The van der Waals surface area contributed by atoms with E-state index in [1.807, 2.05) is 0 Å². The second-order valence-corrected chi connectivity index (χ2v) is 19.9. The summed E-state index contributed by atoms with van der Waals surface area (Å²) in [7, 11) is -2.56. The van der Waals surface area contributed by atoms with Crippen molar-refractivity contribution in [3.05, 3.63) is 72.3 Å². The van der Waals surface area contributed by atoms with Crippen LogP contribution in [0.25, 0.3) is 0 Å². The molecule has 2 aromatic carbocycles. The highest BCUT2D eigenvalue weighted by atomic mass is 28.4. The molecule has 3 saturated carbocycles.